The number of hydrogen-bond acceptors (Lipinski definition) is 8. The summed E-state index contributed by atoms with van der Waals surface area (Å²) in [5, 5.41) is 9.93. The molecule has 0 atom stereocenters. The first-order chi connectivity index (χ1) is 9.33. The molecular formula is C10H16N8O. The van der Waals surface area contributed by atoms with E-state index in [0.29, 0.717) is 37.6 Å². The van der Waals surface area contributed by atoms with Gasteiger partial charge in [-0.3, -0.25) is 0 Å². The van der Waals surface area contributed by atoms with Crippen molar-refractivity contribution in [1.29, 1.82) is 0 Å². The molecule has 0 amide bonds. The van der Waals surface area contributed by atoms with Crippen LogP contribution in [0.4, 0.5) is 11.9 Å². The van der Waals surface area contributed by atoms with Crippen LogP contribution in [0.5, 0.6) is 0 Å². The summed E-state index contributed by atoms with van der Waals surface area (Å²) in [4.78, 5) is 16.5. The SMILES string of the molecule is CCOCCNc1nc(NC)nc(-n2cncn2)n1. The summed E-state index contributed by atoms with van der Waals surface area (Å²) >= 11 is 0. The predicted octanol–water partition coefficient (Wildman–Crippen LogP) is -0.0576. The van der Waals surface area contributed by atoms with Crippen molar-refractivity contribution in [2.45, 2.75) is 6.92 Å². The topological polar surface area (TPSA) is 103 Å². The van der Waals surface area contributed by atoms with Crippen molar-refractivity contribution < 1.29 is 4.74 Å². The molecule has 0 bridgehead atoms. The quantitative estimate of drug-likeness (QED) is 0.671. The molecule has 0 unspecified atom stereocenters. The van der Waals surface area contributed by atoms with Gasteiger partial charge in [-0.15, -0.1) is 0 Å². The first kappa shape index (κ1) is 13.1. The fraction of sp³-hybridized carbons (Fsp3) is 0.500. The smallest absolute Gasteiger partial charge is 0.258 e. The summed E-state index contributed by atoms with van der Waals surface area (Å²) in [6, 6.07) is 0. The molecule has 0 aliphatic carbocycles. The van der Waals surface area contributed by atoms with Crippen LogP contribution in [0.15, 0.2) is 12.7 Å². The zero-order chi connectivity index (χ0) is 13.5. The van der Waals surface area contributed by atoms with Crippen LogP contribution >= 0.6 is 0 Å². The van der Waals surface area contributed by atoms with Crippen LogP contribution in [0, 0.1) is 0 Å². The van der Waals surface area contributed by atoms with Crippen LogP contribution in [0.25, 0.3) is 5.95 Å². The van der Waals surface area contributed by atoms with E-state index < -0.39 is 0 Å². The Morgan fingerprint density at radius 2 is 2.11 bits per heavy atom. The fourth-order valence-corrected chi connectivity index (χ4v) is 1.35. The Balaban J connectivity index is 2.12. The summed E-state index contributed by atoms with van der Waals surface area (Å²) < 4.78 is 6.71. The van der Waals surface area contributed by atoms with Gasteiger partial charge in [-0.1, -0.05) is 0 Å². The standard InChI is InChI=1S/C10H16N8O/c1-3-19-5-4-13-9-15-8(11-2)16-10(17-9)18-7-12-6-14-18/h6-7H,3-5H2,1-2H3,(H2,11,13,15,16,17). The molecule has 9 heteroatoms. The number of nitrogens with one attached hydrogen (secondary N) is 2. The summed E-state index contributed by atoms with van der Waals surface area (Å²) in [5.41, 5.74) is 0. The summed E-state index contributed by atoms with van der Waals surface area (Å²) in [6.45, 7) is 3.85. The molecule has 0 radical (unpaired) electrons. The van der Waals surface area contributed by atoms with Gasteiger partial charge in [0.1, 0.15) is 12.7 Å². The molecule has 2 rings (SSSR count). The Bertz CT molecular complexity index is 500. The van der Waals surface area contributed by atoms with E-state index >= 15 is 0 Å². The molecule has 9 nitrogen and oxygen atoms in total. The van der Waals surface area contributed by atoms with E-state index in [9.17, 15) is 0 Å². The molecule has 0 aliphatic rings. The normalized spacial score (nSPS) is 10.4. The maximum Gasteiger partial charge on any atom is 0.258 e. The van der Waals surface area contributed by atoms with E-state index in [1.165, 1.54) is 17.3 Å². The van der Waals surface area contributed by atoms with Gasteiger partial charge in [0.15, 0.2) is 0 Å². The van der Waals surface area contributed by atoms with Gasteiger partial charge in [0.05, 0.1) is 6.61 Å². The minimum absolute atomic E-state index is 0.399. The third kappa shape index (κ3) is 3.58. The van der Waals surface area contributed by atoms with Crippen LogP contribution in [0.3, 0.4) is 0 Å². The average molecular weight is 264 g/mol. The summed E-state index contributed by atoms with van der Waals surface area (Å²) in [7, 11) is 1.74. The van der Waals surface area contributed by atoms with Crippen molar-refractivity contribution in [3.05, 3.63) is 12.7 Å². The molecule has 0 aromatic carbocycles. The van der Waals surface area contributed by atoms with Gasteiger partial charge in [0, 0.05) is 20.2 Å². The Morgan fingerprint density at radius 1 is 1.26 bits per heavy atom. The molecule has 0 saturated heterocycles. The molecule has 0 saturated carbocycles. The molecule has 0 fully saturated rings. The first-order valence-electron chi connectivity index (χ1n) is 5.94. The predicted molar refractivity (Wildman–Crippen MR) is 69.3 cm³/mol. The lowest BCUT2D eigenvalue weighted by Gasteiger charge is -2.08. The third-order valence-corrected chi connectivity index (χ3v) is 2.20. The van der Waals surface area contributed by atoms with Crippen molar-refractivity contribution in [2.24, 2.45) is 0 Å². The Kier molecular flexibility index (Phi) is 4.56. The van der Waals surface area contributed by atoms with Crippen molar-refractivity contribution in [3.8, 4) is 5.95 Å². The third-order valence-electron chi connectivity index (χ3n) is 2.20. The molecule has 2 aromatic rings. The second-order valence-corrected chi connectivity index (χ2v) is 3.50. The Morgan fingerprint density at radius 3 is 2.79 bits per heavy atom. The zero-order valence-electron chi connectivity index (χ0n) is 10.9. The van der Waals surface area contributed by atoms with Gasteiger partial charge in [-0.2, -0.15) is 24.7 Å². The summed E-state index contributed by atoms with van der Waals surface area (Å²) in [5.74, 6) is 1.32. The van der Waals surface area contributed by atoms with Crippen LogP contribution in [-0.4, -0.2) is 56.5 Å². The molecule has 2 aromatic heterocycles. The number of ether oxygens (including phenoxy) is 1. The van der Waals surface area contributed by atoms with Gasteiger partial charge < -0.3 is 15.4 Å². The van der Waals surface area contributed by atoms with Crippen molar-refractivity contribution in [1.82, 2.24) is 29.7 Å². The van der Waals surface area contributed by atoms with E-state index in [0.717, 1.165) is 0 Å². The molecule has 19 heavy (non-hydrogen) atoms. The second kappa shape index (κ2) is 6.59. The second-order valence-electron chi connectivity index (χ2n) is 3.50. The average Bonchev–Trinajstić information content (AvgIpc) is 2.97. The van der Waals surface area contributed by atoms with Crippen molar-refractivity contribution >= 4 is 11.9 Å². The monoisotopic (exact) mass is 264 g/mol. The molecule has 102 valence electrons. The van der Waals surface area contributed by atoms with E-state index in [2.05, 4.69) is 35.7 Å². The largest absolute Gasteiger partial charge is 0.380 e. The maximum absolute atomic E-state index is 5.24. The van der Waals surface area contributed by atoms with Crippen LogP contribution < -0.4 is 10.6 Å². The molecule has 2 N–H and O–H groups in total. The minimum atomic E-state index is 0.399. The van der Waals surface area contributed by atoms with Gasteiger partial charge >= 0.3 is 0 Å². The maximum atomic E-state index is 5.24. The number of aromatic nitrogens is 6. The van der Waals surface area contributed by atoms with E-state index in [4.69, 9.17) is 4.74 Å². The highest BCUT2D eigenvalue weighted by molar-refractivity contribution is 5.37. The molecular weight excluding hydrogens is 248 g/mol. The van der Waals surface area contributed by atoms with Gasteiger partial charge in [0.25, 0.3) is 5.95 Å². The van der Waals surface area contributed by atoms with E-state index in [-0.39, 0.29) is 0 Å². The Hall–Kier alpha value is -2.29. The lowest BCUT2D eigenvalue weighted by Crippen LogP contribution is -2.15. The van der Waals surface area contributed by atoms with E-state index in [1.54, 1.807) is 7.05 Å². The number of rotatable bonds is 7. The zero-order valence-corrected chi connectivity index (χ0v) is 10.9. The van der Waals surface area contributed by atoms with Crippen LogP contribution in [-0.2, 0) is 4.74 Å². The highest BCUT2D eigenvalue weighted by atomic mass is 16.5. The number of nitrogens with zero attached hydrogens (tertiary/aromatic N) is 6. The van der Waals surface area contributed by atoms with Crippen molar-refractivity contribution in [3.63, 3.8) is 0 Å². The molecule has 0 aliphatic heterocycles. The van der Waals surface area contributed by atoms with Gasteiger partial charge in [-0.05, 0) is 6.92 Å². The minimum Gasteiger partial charge on any atom is -0.380 e. The highest BCUT2D eigenvalue weighted by Gasteiger charge is 2.07. The van der Waals surface area contributed by atoms with Crippen molar-refractivity contribution in [2.75, 3.05) is 37.4 Å². The van der Waals surface area contributed by atoms with Gasteiger partial charge in [-0.25, -0.2) is 4.98 Å². The number of anilines is 2. The summed E-state index contributed by atoms with van der Waals surface area (Å²) in [6.07, 6.45) is 2.95. The first-order valence-corrected chi connectivity index (χ1v) is 5.94. The van der Waals surface area contributed by atoms with Gasteiger partial charge in [0.2, 0.25) is 11.9 Å². The highest BCUT2D eigenvalue weighted by Crippen LogP contribution is 2.07. The fourth-order valence-electron chi connectivity index (χ4n) is 1.35. The lowest BCUT2D eigenvalue weighted by molar-refractivity contribution is 0.158. The lowest BCUT2D eigenvalue weighted by atomic mass is 10.6. The molecule has 0 spiro atoms. The van der Waals surface area contributed by atoms with Crippen LogP contribution in [0.2, 0.25) is 0 Å². The van der Waals surface area contributed by atoms with Crippen LogP contribution in [0.1, 0.15) is 6.92 Å². The van der Waals surface area contributed by atoms with E-state index in [1.807, 2.05) is 6.92 Å². The number of hydrogen-bond donors (Lipinski definition) is 2. The Labute approximate surface area is 110 Å². The molecule has 2 heterocycles.